The third kappa shape index (κ3) is 5.80. The lowest BCUT2D eigenvalue weighted by Crippen LogP contribution is -2.41. The van der Waals surface area contributed by atoms with Gasteiger partial charge in [0, 0.05) is 23.5 Å². The Hall–Kier alpha value is -3.04. The number of guanidine groups is 1. The fourth-order valence-corrected chi connectivity index (χ4v) is 2.26. The number of rotatable bonds is 5. The van der Waals surface area contributed by atoms with Crippen molar-refractivity contribution in [2.75, 3.05) is 6.26 Å². The Labute approximate surface area is 151 Å². The maximum absolute atomic E-state index is 12.6. The van der Waals surface area contributed by atoms with E-state index in [4.69, 9.17) is 5.41 Å². The minimum atomic E-state index is -3.81. The van der Waals surface area contributed by atoms with Gasteiger partial charge in [-0.1, -0.05) is 30.3 Å². The molecule has 0 aliphatic carbocycles. The van der Waals surface area contributed by atoms with Crippen LogP contribution in [0.5, 0.6) is 0 Å². The van der Waals surface area contributed by atoms with Gasteiger partial charge >= 0.3 is 0 Å². The summed E-state index contributed by atoms with van der Waals surface area (Å²) in [5.41, 5.74) is 4.46. The Morgan fingerprint density at radius 3 is 2.58 bits per heavy atom. The van der Waals surface area contributed by atoms with Gasteiger partial charge in [-0.2, -0.15) is 8.42 Å². The van der Waals surface area contributed by atoms with Crippen LogP contribution in [0.2, 0.25) is 0 Å². The first kappa shape index (κ1) is 19.3. The highest BCUT2D eigenvalue weighted by Gasteiger charge is 2.15. The van der Waals surface area contributed by atoms with Gasteiger partial charge in [-0.15, -0.1) is 4.28 Å². The zero-order valence-electron chi connectivity index (χ0n) is 14.2. The molecular formula is C17H18N4O4S. The van der Waals surface area contributed by atoms with Crippen molar-refractivity contribution in [3.05, 3.63) is 65.5 Å². The van der Waals surface area contributed by atoms with E-state index in [9.17, 15) is 13.2 Å². The van der Waals surface area contributed by atoms with E-state index >= 15 is 0 Å². The van der Waals surface area contributed by atoms with Crippen molar-refractivity contribution in [2.45, 2.75) is 6.92 Å². The van der Waals surface area contributed by atoms with Gasteiger partial charge < -0.3 is 0 Å². The summed E-state index contributed by atoms with van der Waals surface area (Å²) in [7, 11) is -3.81. The highest BCUT2D eigenvalue weighted by Crippen LogP contribution is 2.19. The number of amides is 1. The lowest BCUT2D eigenvalue weighted by atomic mass is 10.0. The van der Waals surface area contributed by atoms with Crippen molar-refractivity contribution < 1.29 is 17.5 Å². The summed E-state index contributed by atoms with van der Waals surface area (Å²) >= 11 is 0. The number of carbonyl (C=O) groups is 1. The molecule has 3 N–H and O–H groups in total. The quantitative estimate of drug-likeness (QED) is 0.315. The van der Waals surface area contributed by atoms with E-state index in [0.717, 1.165) is 17.4 Å². The molecule has 0 aliphatic heterocycles. The van der Waals surface area contributed by atoms with Crippen LogP contribution in [0.4, 0.5) is 0 Å². The molecule has 9 heteroatoms. The molecule has 0 unspecified atom stereocenters. The van der Waals surface area contributed by atoms with Gasteiger partial charge in [0.2, 0.25) is 5.96 Å². The topological polar surface area (TPSA) is 121 Å². The molecule has 1 heterocycles. The first-order chi connectivity index (χ1) is 12.3. The Balaban J connectivity index is 2.29. The molecule has 1 aromatic carbocycles. The monoisotopic (exact) mass is 374 g/mol. The van der Waals surface area contributed by atoms with Crippen LogP contribution in [0.3, 0.4) is 0 Å². The Kier molecular flexibility index (Phi) is 6.21. The van der Waals surface area contributed by atoms with Gasteiger partial charge in [0.25, 0.3) is 16.0 Å². The second kappa shape index (κ2) is 8.37. The van der Waals surface area contributed by atoms with Crippen molar-refractivity contribution in [3.8, 4) is 0 Å². The Bertz CT molecular complexity index is 940. The van der Waals surface area contributed by atoms with Crippen LogP contribution in [0, 0.1) is 12.3 Å². The lowest BCUT2D eigenvalue weighted by Gasteiger charge is -2.11. The van der Waals surface area contributed by atoms with Gasteiger partial charge in [-0.25, -0.2) is 5.48 Å². The van der Waals surface area contributed by atoms with E-state index < -0.39 is 22.0 Å². The summed E-state index contributed by atoms with van der Waals surface area (Å²) in [6.45, 7) is 1.91. The molecule has 0 atom stereocenters. The molecule has 0 spiro atoms. The second-order valence-electron chi connectivity index (χ2n) is 5.37. The SMILES string of the molecule is Cc1ccccc1/C=C(/C(=O)NC(=N)NOS(C)(=O)=O)c1cccnc1. The van der Waals surface area contributed by atoms with E-state index in [1.165, 1.54) is 6.20 Å². The molecule has 0 aliphatic rings. The summed E-state index contributed by atoms with van der Waals surface area (Å²) < 4.78 is 26.1. The van der Waals surface area contributed by atoms with Gasteiger partial charge in [-0.05, 0) is 30.2 Å². The van der Waals surface area contributed by atoms with Crippen LogP contribution in [-0.2, 0) is 19.2 Å². The predicted octanol–water partition coefficient (Wildman–Crippen LogP) is 1.46. The van der Waals surface area contributed by atoms with Crippen molar-refractivity contribution in [1.82, 2.24) is 15.8 Å². The number of nitrogens with one attached hydrogen (secondary N) is 3. The zero-order valence-corrected chi connectivity index (χ0v) is 15.0. The number of benzene rings is 1. The van der Waals surface area contributed by atoms with Crippen LogP contribution in [-0.4, -0.2) is 31.5 Å². The van der Waals surface area contributed by atoms with E-state index in [-0.39, 0.29) is 5.57 Å². The fourth-order valence-electron chi connectivity index (χ4n) is 2.03. The van der Waals surface area contributed by atoms with Gasteiger partial charge in [0.05, 0.1) is 6.26 Å². The maximum Gasteiger partial charge on any atom is 0.285 e. The smallest absolute Gasteiger partial charge is 0.285 e. The maximum atomic E-state index is 12.6. The number of hydrogen-bond acceptors (Lipinski definition) is 6. The van der Waals surface area contributed by atoms with E-state index in [1.54, 1.807) is 24.4 Å². The highest BCUT2D eigenvalue weighted by atomic mass is 32.2. The second-order valence-corrected chi connectivity index (χ2v) is 6.95. The van der Waals surface area contributed by atoms with Crippen molar-refractivity contribution in [2.24, 2.45) is 0 Å². The third-order valence-electron chi connectivity index (χ3n) is 3.24. The summed E-state index contributed by atoms with van der Waals surface area (Å²) in [6, 6.07) is 10.9. The zero-order chi connectivity index (χ0) is 19.2. The molecule has 0 radical (unpaired) electrons. The van der Waals surface area contributed by atoms with Gasteiger partial charge in [-0.3, -0.25) is 20.5 Å². The van der Waals surface area contributed by atoms with Gasteiger partial charge in [0.1, 0.15) is 0 Å². The summed E-state index contributed by atoms with van der Waals surface area (Å²) in [4.78, 5) is 16.6. The standard InChI is InChI=1S/C17H18N4O4S/c1-12-6-3-4-7-13(12)10-15(14-8-5-9-19-11-14)16(22)20-17(18)21-25-26(2,23)24/h3-11H,1-2H3,(H3,18,20,21,22)/b15-10+. The highest BCUT2D eigenvalue weighted by molar-refractivity contribution is 7.85. The largest absolute Gasteiger partial charge is 0.291 e. The molecule has 2 rings (SSSR count). The number of aromatic nitrogens is 1. The van der Waals surface area contributed by atoms with Gasteiger partial charge in [0.15, 0.2) is 0 Å². The average Bonchev–Trinajstić information content (AvgIpc) is 2.59. The summed E-state index contributed by atoms with van der Waals surface area (Å²) in [6.07, 6.45) is 5.59. The molecular weight excluding hydrogens is 356 g/mol. The first-order valence-corrected chi connectivity index (χ1v) is 9.30. The average molecular weight is 374 g/mol. The number of hydroxylamine groups is 1. The molecule has 0 saturated heterocycles. The molecule has 0 fully saturated rings. The first-order valence-electron chi connectivity index (χ1n) is 7.48. The normalized spacial score (nSPS) is 11.7. The molecule has 26 heavy (non-hydrogen) atoms. The third-order valence-corrected chi connectivity index (χ3v) is 3.63. The minimum Gasteiger partial charge on any atom is -0.291 e. The fraction of sp³-hybridized carbons (Fsp3) is 0.118. The number of hydrogen-bond donors (Lipinski definition) is 3. The van der Waals surface area contributed by atoms with Crippen LogP contribution in [0.25, 0.3) is 11.6 Å². The van der Waals surface area contributed by atoms with Crippen LogP contribution in [0.15, 0.2) is 48.8 Å². The van der Waals surface area contributed by atoms with E-state index in [2.05, 4.69) is 14.6 Å². The summed E-state index contributed by atoms with van der Waals surface area (Å²) in [5, 5.41) is 9.84. The van der Waals surface area contributed by atoms with Crippen molar-refractivity contribution in [3.63, 3.8) is 0 Å². The van der Waals surface area contributed by atoms with Crippen LogP contribution < -0.4 is 10.8 Å². The number of aryl methyl sites for hydroxylation is 1. The van der Waals surface area contributed by atoms with E-state index in [1.807, 2.05) is 36.7 Å². The summed E-state index contributed by atoms with van der Waals surface area (Å²) in [5.74, 6) is -1.23. The van der Waals surface area contributed by atoms with Crippen LogP contribution >= 0.6 is 0 Å². The predicted molar refractivity (Wildman–Crippen MR) is 98.2 cm³/mol. The van der Waals surface area contributed by atoms with Crippen molar-refractivity contribution in [1.29, 1.82) is 5.41 Å². The van der Waals surface area contributed by atoms with E-state index in [0.29, 0.717) is 5.56 Å². The number of pyridine rings is 1. The number of nitrogens with zero attached hydrogens (tertiary/aromatic N) is 1. The molecule has 1 amide bonds. The molecule has 0 saturated carbocycles. The Morgan fingerprint density at radius 1 is 1.23 bits per heavy atom. The molecule has 136 valence electrons. The Morgan fingerprint density at radius 2 is 1.96 bits per heavy atom. The minimum absolute atomic E-state index is 0.262. The van der Waals surface area contributed by atoms with Crippen LogP contribution in [0.1, 0.15) is 16.7 Å². The van der Waals surface area contributed by atoms with Crippen molar-refractivity contribution >= 4 is 33.6 Å². The lowest BCUT2D eigenvalue weighted by molar-refractivity contribution is -0.114. The molecule has 1 aromatic heterocycles. The molecule has 0 bridgehead atoms. The molecule has 8 nitrogen and oxygen atoms in total. The number of carbonyl (C=O) groups excluding carboxylic acids is 1. The molecule has 2 aromatic rings.